The van der Waals surface area contributed by atoms with Crippen molar-refractivity contribution in [2.24, 2.45) is 0 Å². The van der Waals surface area contributed by atoms with Crippen LogP contribution in [0.4, 0.5) is 0 Å². The minimum absolute atomic E-state index is 0.0394. The highest BCUT2D eigenvalue weighted by Gasteiger charge is 2.01. The molecule has 0 unspecified atom stereocenters. The van der Waals surface area contributed by atoms with Crippen LogP contribution in [0.1, 0.15) is 5.56 Å². The Kier molecular flexibility index (Phi) is 5.47. The molecule has 0 radical (unpaired) electrons. The highest BCUT2D eigenvalue weighted by molar-refractivity contribution is 7.45. The molecule has 6 nitrogen and oxygen atoms in total. The average Bonchev–Trinajstić information content (AvgIpc) is 2.47. The van der Waals surface area contributed by atoms with Crippen LogP contribution in [0.2, 0.25) is 0 Å². The van der Waals surface area contributed by atoms with E-state index in [-0.39, 0.29) is 5.56 Å². The maximum atomic E-state index is 12.0. The van der Waals surface area contributed by atoms with Gasteiger partial charge in [0.1, 0.15) is 0 Å². The largest absolute Gasteiger partial charge is 0.466 e. The number of phosphoric acid groups is 1. The summed E-state index contributed by atoms with van der Waals surface area (Å²) in [7, 11) is -4.64. The monoisotopic (exact) mass is 333 g/mol. The molecule has 120 valence electrons. The van der Waals surface area contributed by atoms with Gasteiger partial charge in [0.2, 0.25) is 0 Å². The summed E-state index contributed by atoms with van der Waals surface area (Å²) < 4.78 is 10.6. The Balaban J connectivity index is 0.000000338. The highest BCUT2D eigenvalue weighted by Crippen LogP contribution is 2.25. The number of benzene rings is 2. The minimum Gasteiger partial charge on any atom is -0.310 e. The molecule has 0 bridgehead atoms. The summed E-state index contributed by atoms with van der Waals surface area (Å²) in [5, 5.41) is 2.08. The van der Waals surface area contributed by atoms with Crippen LogP contribution in [0.15, 0.2) is 71.7 Å². The molecule has 0 saturated carbocycles. The molecule has 0 aliphatic heterocycles. The van der Waals surface area contributed by atoms with Gasteiger partial charge in [-0.1, -0.05) is 54.6 Å². The molecule has 0 amide bonds. The number of fused-ring (bicyclic) bond motifs is 1. The molecular weight excluding hydrogens is 317 g/mol. The summed E-state index contributed by atoms with van der Waals surface area (Å²) in [5.41, 5.74) is 1.17. The Hall–Kier alpha value is -2.24. The number of rotatable bonds is 2. The van der Waals surface area contributed by atoms with E-state index in [1.54, 1.807) is 10.6 Å². The van der Waals surface area contributed by atoms with Crippen LogP contribution in [0.5, 0.6) is 0 Å². The second-order valence-corrected chi connectivity index (χ2v) is 5.89. The van der Waals surface area contributed by atoms with E-state index < -0.39 is 7.82 Å². The standard InChI is InChI=1S/C16H13NO.H3O4P/c18-16-10-14-8-4-5-9-15(14)12-17(16)11-13-6-2-1-3-7-13;1-5(2,3)4/h1-10,12H,11H2;(H3,1,2,3,4). The summed E-state index contributed by atoms with van der Waals surface area (Å²) in [6.07, 6.45) is 1.92. The van der Waals surface area contributed by atoms with E-state index in [0.717, 1.165) is 16.3 Å². The van der Waals surface area contributed by atoms with E-state index in [1.807, 2.05) is 60.8 Å². The van der Waals surface area contributed by atoms with Crippen molar-refractivity contribution in [1.29, 1.82) is 0 Å². The maximum Gasteiger partial charge on any atom is 0.466 e. The average molecular weight is 333 g/mol. The van der Waals surface area contributed by atoms with Gasteiger partial charge in [-0.05, 0) is 16.3 Å². The fourth-order valence-electron chi connectivity index (χ4n) is 2.11. The molecule has 2 aromatic carbocycles. The molecule has 3 rings (SSSR count). The van der Waals surface area contributed by atoms with Crippen molar-refractivity contribution < 1.29 is 19.2 Å². The Morgan fingerprint density at radius 1 is 0.870 bits per heavy atom. The third-order valence-corrected chi connectivity index (χ3v) is 3.05. The lowest BCUT2D eigenvalue weighted by molar-refractivity contribution is 0.275. The first-order chi connectivity index (χ1) is 10.8. The second-order valence-electron chi connectivity index (χ2n) is 4.87. The van der Waals surface area contributed by atoms with E-state index in [1.165, 1.54) is 0 Å². The van der Waals surface area contributed by atoms with Crippen molar-refractivity contribution in [2.45, 2.75) is 6.54 Å². The van der Waals surface area contributed by atoms with Gasteiger partial charge in [0.25, 0.3) is 5.56 Å². The Bertz CT molecular complexity index is 877. The first kappa shape index (κ1) is 17.1. The molecule has 7 heteroatoms. The Morgan fingerprint density at radius 3 is 2.00 bits per heavy atom. The van der Waals surface area contributed by atoms with Gasteiger partial charge in [-0.15, -0.1) is 0 Å². The Morgan fingerprint density at radius 2 is 1.39 bits per heavy atom. The lowest BCUT2D eigenvalue weighted by Gasteiger charge is -2.07. The van der Waals surface area contributed by atoms with Gasteiger partial charge in [-0.3, -0.25) is 4.79 Å². The molecule has 23 heavy (non-hydrogen) atoms. The lowest BCUT2D eigenvalue weighted by atomic mass is 10.1. The van der Waals surface area contributed by atoms with Crippen LogP contribution in [0, 0.1) is 0 Å². The molecule has 0 aliphatic rings. The quantitative estimate of drug-likeness (QED) is 0.624. The van der Waals surface area contributed by atoms with E-state index in [4.69, 9.17) is 19.2 Å². The zero-order chi connectivity index (χ0) is 16.9. The van der Waals surface area contributed by atoms with Gasteiger partial charge >= 0.3 is 7.82 Å². The van der Waals surface area contributed by atoms with Crippen LogP contribution in [-0.2, 0) is 11.1 Å². The van der Waals surface area contributed by atoms with Crippen molar-refractivity contribution >= 4 is 18.6 Å². The molecule has 1 aromatic heterocycles. The van der Waals surface area contributed by atoms with Crippen LogP contribution in [0.3, 0.4) is 0 Å². The van der Waals surface area contributed by atoms with E-state index in [9.17, 15) is 4.79 Å². The summed E-state index contributed by atoms with van der Waals surface area (Å²) in [6, 6.07) is 19.6. The van der Waals surface area contributed by atoms with Crippen molar-refractivity contribution in [2.75, 3.05) is 0 Å². The van der Waals surface area contributed by atoms with Crippen molar-refractivity contribution in [3.05, 3.63) is 82.8 Å². The van der Waals surface area contributed by atoms with Crippen molar-refractivity contribution in [3.63, 3.8) is 0 Å². The third kappa shape index (κ3) is 5.81. The molecular formula is C16H16NO5P. The molecule has 3 aromatic rings. The zero-order valence-electron chi connectivity index (χ0n) is 12.1. The Labute approximate surface area is 132 Å². The number of hydrogen-bond donors (Lipinski definition) is 3. The van der Waals surface area contributed by atoms with E-state index in [0.29, 0.717) is 6.54 Å². The maximum absolute atomic E-state index is 12.0. The van der Waals surface area contributed by atoms with Gasteiger partial charge < -0.3 is 19.2 Å². The molecule has 0 fully saturated rings. The minimum atomic E-state index is -4.64. The summed E-state index contributed by atoms with van der Waals surface area (Å²) in [5.74, 6) is 0. The van der Waals surface area contributed by atoms with Crippen LogP contribution < -0.4 is 5.56 Å². The second kappa shape index (κ2) is 7.35. The van der Waals surface area contributed by atoms with Gasteiger partial charge in [0.15, 0.2) is 0 Å². The normalized spacial score (nSPS) is 10.9. The number of hydrogen-bond acceptors (Lipinski definition) is 2. The van der Waals surface area contributed by atoms with Gasteiger partial charge in [0, 0.05) is 12.3 Å². The molecule has 0 saturated heterocycles. The van der Waals surface area contributed by atoms with Crippen LogP contribution in [-0.4, -0.2) is 19.2 Å². The number of aromatic nitrogens is 1. The molecule has 0 aliphatic carbocycles. The fourth-order valence-corrected chi connectivity index (χ4v) is 2.11. The van der Waals surface area contributed by atoms with Crippen molar-refractivity contribution in [1.82, 2.24) is 4.57 Å². The summed E-state index contributed by atoms with van der Waals surface area (Å²) in [4.78, 5) is 33.6. The van der Waals surface area contributed by atoms with E-state index in [2.05, 4.69) is 0 Å². The van der Waals surface area contributed by atoms with Gasteiger partial charge in [-0.2, -0.15) is 0 Å². The molecule has 3 N–H and O–H groups in total. The molecule has 0 spiro atoms. The summed E-state index contributed by atoms with van der Waals surface area (Å²) in [6.45, 7) is 0.616. The fraction of sp³-hybridized carbons (Fsp3) is 0.0625. The van der Waals surface area contributed by atoms with Gasteiger partial charge in [0.05, 0.1) is 6.54 Å². The summed E-state index contributed by atoms with van der Waals surface area (Å²) >= 11 is 0. The highest BCUT2D eigenvalue weighted by atomic mass is 31.2. The SMILES string of the molecule is O=P(O)(O)O.O=c1cc2ccccc2cn1Cc1ccccc1. The zero-order valence-corrected chi connectivity index (χ0v) is 13.0. The van der Waals surface area contributed by atoms with Crippen molar-refractivity contribution in [3.8, 4) is 0 Å². The number of nitrogens with zero attached hydrogens (tertiary/aromatic N) is 1. The van der Waals surface area contributed by atoms with Crippen LogP contribution in [0.25, 0.3) is 10.8 Å². The topological polar surface area (TPSA) is 99.8 Å². The lowest BCUT2D eigenvalue weighted by Crippen LogP contribution is -2.18. The van der Waals surface area contributed by atoms with Crippen LogP contribution >= 0.6 is 7.82 Å². The first-order valence-electron chi connectivity index (χ1n) is 6.74. The first-order valence-corrected chi connectivity index (χ1v) is 8.31. The predicted octanol–water partition coefficient (Wildman–Crippen LogP) is 2.12. The van der Waals surface area contributed by atoms with Gasteiger partial charge in [-0.25, -0.2) is 4.57 Å². The third-order valence-electron chi connectivity index (χ3n) is 3.05. The van der Waals surface area contributed by atoms with E-state index >= 15 is 0 Å². The molecule has 1 heterocycles. The number of pyridine rings is 1. The smallest absolute Gasteiger partial charge is 0.310 e. The predicted molar refractivity (Wildman–Crippen MR) is 88.0 cm³/mol. The molecule has 0 atom stereocenters.